The summed E-state index contributed by atoms with van der Waals surface area (Å²) in [5.41, 5.74) is -0.225. The predicted molar refractivity (Wildman–Crippen MR) is 82.9 cm³/mol. The van der Waals surface area contributed by atoms with Crippen molar-refractivity contribution >= 4 is 5.91 Å². The Bertz CT molecular complexity index is 540. The van der Waals surface area contributed by atoms with Crippen LogP contribution in [0, 0.1) is 16.7 Å². The van der Waals surface area contributed by atoms with E-state index < -0.39 is 5.54 Å². The van der Waals surface area contributed by atoms with Crippen LogP contribution >= 0.6 is 0 Å². The molecule has 0 saturated heterocycles. The highest BCUT2D eigenvalue weighted by Crippen LogP contribution is 2.29. The fraction of sp³-hybridized carbons (Fsp3) is 0.529. The summed E-state index contributed by atoms with van der Waals surface area (Å²) >= 11 is 0. The highest BCUT2D eigenvalue weighted by atomic mass is 16.5. The Morgan fingerprint density at radius 1 is 1.29 bits per heavy atom. The van der Waals surface area contributed by atoms with Crippen LogP contribution in [0.1, 0.15) is 39.7 Å². The second-order valence-corrected chi connectivity index (χ2v) is 6.35. The van der Waals surface area contributed by atoms with E-state index in [0.717, 1.165) is 11.3 Å². The molecule has 1 rings (SSSR count). The maximum atomic E-state index is 12.1. The van der Waals surface area contributed by atoms with Crippen LogP contribution in [0.25, 0.3) is 0 Å². The van der Waals surface area contributed by atoms with Crippen LogP contribution in [0.3, 0.4) is 0 Å². The van der Waals surface area contributed by atoms with Gasteiger partial charge in [0.1, 0.15) is 11.3 Å². The van der Waals surface area contributed by atoms with Gasteiger partial charge in [-0.2, -0.15) is 5.26 Å². The molecule has 0 spiro atoms. The number of aryl methyl sites for hydroxylation is 1. The average molecular weight is 288 g/mol. The summed E-state index contributed by atoms with van der Waals surface area (Å²) in [6.45, 7) is 7.58. The van der Waals surface area contributed by atoms with Gasteiger partial charge in [-0.25, -0.2) is 0 Å². The molecule has 0 radical (unpaired) electrons. The number of ether oxygens (including phenoxy) is 1. The molecule has 114 valence electrons. The van der Waals surface area contributed by atoms with Gasteiger partial charge < -0.3 is 10.1 Å². The van der Waals surface area contributed by atoms with E-state index in [-0.39, 0.29) is 11.3 Å². The second-order valence-electron chi connectivity index (χ2n) is 6.35. The quantitative estimate of drug-likeness (QED) is 0.905. The van der Waals surface area contributed by atoms with E-state index in [2.05, 4.69) is 11.4 Å². The first kappa shape index (κ1) is 17.0. The first-order chi connectivity index (χ1) is 9.73. The maximum absolute atomic E-state index is 12.1. The molecule has 0 aliphatic carbocycles. The third kappa shape index (κ3) is 4.22. The van der Waals surface area contributed by atoms with Gasteiger partial charge in [0.15, 0.2) is 0 Å². The Labute approximate surface area is 127 Å². The molecule has 0 bridgehead atoms. The SMILES string of the molecule is COc1ccccc1CCC(=O)N[C@](C)(C#N)C(C)(C)C. The maximum Gasteiger partial charge on any atom is 0.221 e. The van der Waals surface area contributed by atoms with Crippen molar-refractivity contribution in [1.82, 2.24) is 5.32 Å². The molecule has 1 amide bonds. The molecule has 4 heteroatoms. The number of methoxy groups -OCH3 is 1. The van der Waals surface area contributed by atoms with Crippen LogP contribution in [-0.4, -0.2) is 18.6 Å². The van der Waals surface area contributed by atoms with Crippen LogP contribution in [0.15, 0.2) is 24.3 Å². The molecular formula is C17H24N2O2. The van der Waals surface area contributed by atoms with E-state index in [0.29, 0.717) is 12.8 Å². The summed E-state index contributed by atoms with van der Waals surface area (Å²) in [5, 5.41) is 12.2. The molecule has 0 aromatic heterocycles. The number of benzene rings is 1. The Morgan fingerprint density at radius 3 is 2.43 bits per heavy atom. The molecule has 1 N–H and O–H groups in total. The highest BCUT2D eigenvalue weighted by molar-refractivity contribution is 5.77. The van der Waals surface area contributed by atoms with Gasteiger partial charge in [0.2, 0.25) is 5.91 Å². The van der Waals surface area contributed by atoms with Crippen molar-refractivity contribution in [3.63, 3.8) is 0 Å². The van der Waals surface area contributed by atoms with Gasteiger partial charge in [0.05, 0.1) is 13.2 Å². The number of carbonyl (C=O) groups is 1. The van der Waals surface area contributed by atoms with Crippen molar-refractivity contribution in [2.24, 2.45) is 5.41 Å². The number of nitrogens with zero attached hydrogens (tertiary/aromatic N) is 1. The van der Waals surface area contributed by atoms with Crippen molar-refractivity contribution in [1.29, 1.82) is 5.26 Å². The third-order valence-electron chi connectivity index (χ3n) is 3.93. The van der Waals surface area contributed by atoms with E-state index in [4.69, 9.17) is 4.74 Å². The molecular weight excluding hydrogens is 264 g/mol. The Balaban J connectivity index is 2.69. The minimum absolute atomic E-state index is 0.125. The van der Waals surface area contributed by atoms with E-state index in [1.165, 1.54) is 0 Å². The minimum Gasteiger partial charge on any atom is -0.496 e. The van der Waals surface area contributed by atoms with Crippen molar-refractivity contribution < 1.29 is 9.53 Å². The molecule has 0 unspecified atom stereocenters. The number of amides is 1. The Morgan fingerprint density at radius 2 is 1.90 bits per heavy atom. The molecule has 1 aromatic carbocycles. The Kier molecular flexibility index (Phi) is 5.37. The lowest BCUT2D eigenvalue weighted by molar-refractivity contribution is -0.123. The van der Waals surface area contributed by atoms with Gasteiger partial charge in [-0.3, -0.25) is 4.79 Å². The van der Waals surface area contributed by atoms with E-state index in [9.17, 15) is 10.1 Å². The zero-order valence-corrected chi connectivity index (χ0v) is 13.5. The average Bonchev–Trinajstić information content (AvgIpc) is 2.44. The first-order valence-electron chi connectivity index (χ1n) is 7.07. The van der Waals surface area contributed by atoms with Crippen molar-refractivity contribution in [3.05, 3.63) is 29.8 Å². The van der Waals surface area contributed by atoms with Gasteiger partial charge in [0, 0.05) is 6.42 Å². The number of rotatable bonds is 5. The van der Waals surface area contributed by atoms with E-state index in [1.807, 2.05) is 45.0 Å². The topological polar surface area (TPSA) is 62.1 Å². The summed E-state index contributed by atoms with van der Waals surface area (Å²) in [4.78, 5) is 12.1. The van der Waals surface area contributed by atoms with Gasteiger partial charge in [-0.15, -0.1) is 0 Å². The van der Waals surface area contributed by atoms with Crippen LogP contribution in [0.2, 0.25) is 0 Å². The van der Waals surface area contributed by atoms with Gasteiger partial charge in [-0.1, -0.05) is 39.0 Å². The summed E-state index contributed by atoms with van der Waals surface area (Å²) < 4.78 is 5.27. The first-order valence-corrected chi connectivity index (χ1v) is 7.07. The number of para-hydroxylation sites is 1. The van der Waals surface area contributed by atoms with Crippen LogP contribution in [-0.2, 0) is 11.2 Å². The fourth-order valence-corrected chi connectivity index (χ4v) is 1.88. The van der Waals surface area contributed by atoms with Crippen LogP contribution in [0.5, 0.6) is 5.75 Å². The smallest absolute Gasteiger partial charge is 0.221 e. The predicted octanol–water partition coefficient (Wildman–Crippen LogP) is 3.07. The summed E-state index contributed by atoms with van der Waals surface area (Å²) in [5.74, 6) is 0.657. The fourth-order valence-electron chi connectivity index (χ4n) is 1.88. The molecule has 0 aliphatic rings. The standard InChI is InChI=1S/C17H24N2O2/c1-16(2,3)17(4,12-18)19-15(20)11-10-13-8-6-7-9-14(13)21-5/h6-9H,10-11H2,1-5H3,(H,19,20)/t17-/m1/s1. The van der Waals surface area contributed by atoms with Gasteiger partial charge in [-0.05, 0) is 30.4 Å². The zero-order chi connectivity index (χ0) is 16.1. The van der Waals surface area contributed by atoms with E-state index in [1.54, 1.807) is 14.0 Å². The number of hydrogen-bond acceptors (Lipinski definition) is 3. The lowest BCUT2D eigenvalue weighted by Crippen LogP contribution is -2.53. The molecule has 0 saturated carbocycles. The molecule has 1 atom stereocenters. The van der Waals surface area contributed by atoms with E-state index >= 15 is 0 Å². The van der Waals surface area contributed by atoms with Crippen LogP contribution < -0.4 is 10.1 Å². The zero-order valence-electron chi connectivity index (χ0n) is 13.5. The summed E-state index contributed by atoms with van der Waals surface area (Å²) in [6.07, 6.45) is 0.912. The van der Waals surface area contributed by atoms with Gasteiger partial charge in [0.25, 0.3) is 0 Å². The highest BCUT2D eigenvalue weighted by Gasteiger charge is 2.38. The van der Waals surface area contributed by atoms with Gasteiger partial charge >= 0.3 is 0 Å². The number of hydrogen-bond donors (Lipinski definition) is 1. The summed E-state index contributed by atoms with van der Waals surface area (Å²) in [6, 6.07) is 9.85. The van der Waals surface area contributed by atoms with Crippen molar-refractivity contribution in [2.75, 3.05) is 7.11 Å². The lowest BCUT2D eigenvalue weighted by Gasteiger charge is -2.36. The molecule has 1 aromatic rings. The molecule has 4 nitrogen and oxygen atoms in total. The number of nitriles is 1. The third-order valence-corrected chi connectivity index (χ3v) is 3.93. The Hall–Kier alpha value is -2.02. The molecule has 0 heterocycles. The molecule has 21 heavy (non-hydrogen) atoms. The van der Waals surface area contributed by atoms with Crippen molar-refractivity contribution in [3.8, 4) is 11.8 Å². The number of nitrogens with one attached hydrogen (secondary N) is 1. The monoisotopic (exact) mass is 288 g/mol. The lowest BCUT2D eigenvalue weighted by atomic mass is 9.76. The van der Waals surface area contributed by atoms with Crippen molar-refractivity contribution in [2.45, 2.75) is 46.1 Å². The largest absolute Gasteiger partial charge is 0.496 e. The normalized spacial score (nSPS) is 13.9. The number of carbonyl (C=O) groups excluding carboxylic acids is 1. The van der Waals surface area contributed by atoms with Crippen LogP contribution in [0.4, 0.5) is 0 Å². The minimum atomic E-state index is -0.884. The molecule has 0 aliphatic heterocycles. The second kappa shape index (κ2) is 6.62. The molecule has 0 fully saturated rings. The summed E-state index contributed by atoms with van der Waals surface area (Å²) in [7, 11) is 1.62.